The molecule has 1 N–H and O–H groups in total. The standard InChI is InChI=1S/C25H19Cl2FN2O/c1-2-30-15-24(21-12-9-19(26)14-22(21)27)29-25(30)23(28)13-16-3-5-17(6-4-16)18-7-10-20(31)11-8-18/h3-15,31H,2H2,1H3/b23-13+. The molecule has 3 nitrogen and oxygen atoms in total. The quantitative estimate of drug-likeness (QED) is 0.336. The van der Waals surface area contributed by atoms with Crippen LogP contribution < -0.4 is 0 Å². The van der Waals surface area contributed by atoms with Crippen molar-refractivity contribution in [1.82, 2.24) is 9.55 Å². The highest BCUT2D eigenvalue weighted by Gasteiger charge is 2.15. The minimum Gasteiger partial charge on any atom is -0.508 e. The van der Waals surface area contributed by atoms with Crippen molar-refractivity contribution in [3.05, 3.63) is 94.4 Å². The van der Waals surface area contributed by atoms with E-state index in [-0.39, 0.29) is 11.6 Å². The van der Waals surface area contributed by atoms with Gasteiger partial charge in [-0.15, -0.1) is 0 Å². The molecule has 0 atom stereocenters. The summed E-state index contributed by atoms with van der Waals surface area (Å²) in [6.07, 6.45) is 3.24. The number of aryl methyl sites for hydroxylation is 1. The molecular formula is C25H19Cl2FN2O. The third-order valence-electron chi connectivity index (χ3n) is 4.94. The molecule has 0 aliphatic heterocycles. The highest BCUT2D eigenvalue weighted by atomic mass is 35.5. The van der Waals surface area contributed by atoms with Crippen LogP contribution in [0.1, 0.15) is 18.3 Å². The number of phenols is 1. The van der Waals surface area contributed by atoms with Gasteiger partial charge in [0, 0.05) is 23.3 Å². The smallest absolute Gasteiger partial charge is 0.169 e. The number of phenolic OH excluding ortho intramolecular Hbond substituents is 1. The highest BCUT2D eigenvalue weighted by Crippen LogP contribution is 2.32. The predicted octanol–water partition coefficient (Wildman–Crippen LogP) is 7.72. The number of imidazole rings is 1. The number of hydrogen-bond donors (Lipinski definition) is 1. The molecule has 0 saturated heterocycles. The van der Waals surface area contributed by atoms with Gasteiger partial charge < -0.3 is 9.67 Å². The Balaban J connectivity index is 1.63. The molecule has 0 aliphatic carbocycles. The zero-order valence-electron chi connectivity index (χ0n) is 16.7. The molecule has 0 radical (unpaired) electrons. The first kappa shape index (κ1) is 21.2. The number of rotatable bonds is 5. The fraction of sp³-hybridized carbons (Fsp3) is 0.0800. The number of aromatic hydroxyl groups is 1. The highest BCUT2D eigenvalue weighted by molar-refractivity contribution is 6.36. The monoisotopic (exact) mass is 452 g/mol. The van der Waals surface area contributed by atoms with Crippen LogP contribution in [0.4, 0.5) is 4.39 Å². The summed E-state index contributed by atoms with van der Waals surface area (Å²) in [7, 11) is 0. The van der Waals surface area contributed by atoms with E-state index in [9.17, 15) is 5.11 Å². The second kappa shape index (κ2) is 8.96. The van der Waals surface area contributed by atoms with E-state index < -0.39 is 5.83 Å². The number of hydrogen-bond acceptors (Lipinski definition) is 2. The van der Waals surface area contributed by atoms with Gasteiger partial charge in [0.1, 0.15) is 5.75 Å². The minimum atomic E-state index is -0.435. The van der Waals surface area contributed by atoms with Crippen molar-refractivity contribution in [2.24, 2.45) is 0 Å². The molecule has 6 heteroatoms. The second-order valence-electron chi connectivity index (χ2n) is 7.02. The van der Waals surface area contributed by atoms with Gasteiger partial charge >= 0.3 is 0 Å². The molecule has 1 aromatic heterocycles. The van der Waals surface area contributed by atoms with Crippen LogP contribution in [-0.4, -0.2) is 14.7 Å². The normalized spacial score (nSPS) is 11.7. The Morgan fingerprint density at radius 2 is 1.65 bits per heavy atom. The van der Waals surface area contributed by atoms with Crippen molar-refractivity contribution in [2.75, 3.05) is 0 Å². The van der Waals surface area contributed by atoms with Crippen LogP contribution in [0.25, 0.3) is 34.3 Å². The number of nitrogens with zero attached hydrogens (tertiary/aromatic N) is 2. The average Bonchev–Trinajstić information content (AvgIpc) is 3.19. The van der Waals surface area contributed by atoms with Crippen molar-refractivity contribution in [3.63, 3.8) is 0 Å². The molecule has 31 heavy (non-hydrogen) atoms. The molecule has 0 amide bonds. The third-order valence-corrected chi connectivity index (χ3v) is 5.49. The van der Waals surface area contributed by atoms with E-state index in [0.717, 1.165) is 16.7 Å². The van der Waals surface area contributed by atoms with Crippen molar-refractivity contribution in [1.29, 1.82) is 0 Å². The summed E-state index contributed by atoms with van der Waals surface area (Å²) in [6.45, 7) is 2.49. The van der Waals surface area contributed by atoms with Crippen LogP contribution in [0.5, 0.6) is 5.75 Å². The minimum absolute atomic E-state index is 0.219. The van der Waals surface area contributed by atoms with Crippen LogP contribution >= 0.6 is 23.2 Å². The molecule has 0 aliphatic rings. The lowest BCUT2D eigenvalue weighted by Gasteiger charge is -2.04. The van der Waals surface area contributed by atoms with Crippen molar-refractivity contribution in [3.8, 4) is 28.1 Å². The molecular weight excluding hydrogens is 434 g/mol. The molecule has 0 unspecified atom stereocenters. The summed E-state index contributed by atoms with van der Waals surface area (Å²) in [6, 6.07) is 19.6. The molecule has 4 aromatic rings. The first-order chi connectivity index (χ1) is 14.9. The number of halogens is 3. The van der Waals surface area contributed by atoms with Gasteiger partial charge in [-0.2, -0.15) is 0 Å². The van der Waals surface area contributed by atoms with Crippen LogP contribution in [-0.2, 0) is 6.54 Å². The summed E-state index contributed by atoms with van der Waals surface area (Å²) in [5.41, 5.74) is 3.96. The molecule has 0 bridgehead atoms. The summed E-state index contributed by atoms with van der Waals surface area (Å²) >= 11 is 12.3. The van der Waals surface area contributed by atoms with Crippen molar-refractivity contribution < 1.29 is 9.50 Å². The molecule has 3 aromatic carbocycles. The maximum Gasteiger partial charge on any atom is 0.169 e. The Kier molecular flexibility index (Phi) is 6.12. The van der Waals surface area contributed by atoms with Crippen LogP contribution in [0.15, 0.2) is 72.9 Å². The zero-order valence-corrected chi connectivity index (χ0v) is 18.2. The third kappa shape index (κ3) is 4.66. The van der Waals surface area contributed by atoms with Crippen LogP contribution in [0.3, 0.4) is 0 Å². The predicted molar refractivity (Wildman–Crippen MR) is 126 cm³/mol. The molecule has 0 spiro atoms. The topological polar surface area (TPSA) is 38.0 Å². The average molecular weight is 453 g/mol. The van der Waals surface area contributed by atoms with Crippen molar-refractivity contribution >= 4 is 35.1 Å². The Morgan fingerprint density at radius 1 is 1.00 bits per heavy atom. The van der Waals surface area contributed by atoms with E-state index in [0.29, 0.717) is 27.8 Å². The van der Waals surface area contributed by atoms with Gasteiger partial charge in [0.25, 0.3) is 0 Å². The van der Waals surface area contributed by atoms with Gasteiger partial charge in [-0.25, -0.2) is 9.37 Å². The first-order valence-corrected chi connectivity index (χ1v) is 10.5. The van der Waals surface area contributed by atoms with E-state index in [1.807, 2.05) is 43.3 Å². The lowest BCUT2D eigenvalue weighted by Crippen LogP contribution is -1.97. The zero-order chi connectivity index (χ0) is 22.0. The van der Waals surface area contributed by atoms with Gasteiger partial charge in [-0.1, -0.05) is 59.6 Å². The Labute approximate surface area is 190 Å². The lowest BCUT2D eigenvalue weighted by molar-refractivity contribution is 0.475. The number of aromatic nitrogens is 2. The molecule has 156 valence electrons. The Morgan fingerprint density at radius 3 is 2.26 bits per heavy atom. The van der Waals surface area contributed by atoms with Gasteiger partial charge in [0.2, 0.25) is 0 Å². The Bertz CT molecular complexity index is 1250. The van der Waals surface area contributed by atoms with Gasteiger partial charge in [0.15, 0.2) is 11.7 Å². The fourth-order valence-electron chi connectivity index (χ4n) is 3.31. The summed E-state index contributed by atoms with van der Waals surface area (Å²) in [5, 5.41) is 10.4. The second-order valence-corrected chi connectivity index (χ2v) is 7.86. The van der Waals surface area contributed by atoms with Gasteiger partial charge in [0.05, 0.1) is 10.7 Å². The SMILES string of the molecule is CCn1cc(-c2ccc(Cl)cc2Cl)nc1/C(F)=C\c1ccc(-c2ccc(O)cc2)cc1. The van der Waals surface area contributed by atoms with E-state index in [1.54, 1.807) is 41.1 Å². The molecule has 0 fully saturated rings. The van der Waals surface area contributed by atoms with E-state index in [4.69, 9.17) is 23.2 Å². The summed E-state index contributed by atoms with van der Waals surface area (Å²) < 4.78 is 16.9. The molecule has 0 saturated carbocycles. The van der Waals surface area contributed by atoms with E-state index >= 15 is 4.39 Å². The summed E-state index contributed by atoms with van der Waals surface area (Å²) in [5.74, 6) is 0.0257. The largest absolute Gasteiger partial charge is 0.508 e. The summed E-state index contributed by atoms with van der Waals surface area (Å²) in [4.78, 5) is 4.48. The van der Waals surface area contributed by atoms with Gasteiger partial charge in [-0.3, -0.25) is 0 Å². The molecule has 4 rings (SSSR count). The van der Waals surface area contributed by atoms with E-state index in [1.165, 1.54) is 6.08 Å². The van der Waals surface area contributed by atoms with E-state index in [2.05, 4.69) is 4.98 Å². The fourth-order valence-corrected chi connectivity index (χ4v) is 3.82. The number of benzene rings is 3. The maximum atomic E-state index is 15.1. The van der Waals surface area contributed by atoms with Crippen LogP contribution in [0, 0.1) is 0 Å². The Hall–Kier alpha value is -3.08. The van der Waals surface area contributed by atoms with Crippen LogP contribution in [0.2, 0.25) is 10.0 Å². The lowest BCUT2D eigenvalue weighted by atomic mass is 10.0. The first-order valence-electron chi connectivity index (χ1n) is 9.74. The molecule has 1 heterocycles. The maximum absolute atomic E-state index is 15.1. The van der Waals surface area contributed by atoms with Crippen molar-refractivity contribution in [2.45, 2.75) is 13.5 Å². The van der Waals surface area contributed by atoms with Gasteiger partial charge in [-0.05, 0) is 60.0 Å².